The normalized spacial score (nSPS) is 23.3. The van der Waals surface area contributed by atoms with E-state index in [-0.39, 0.29) is 12.1 Å². The lowest BCUT2D eigenvalue weighted by Crippen LogP contribution is -2.38. The summed E-state index contributed by atoms with van der Waals surface area (Å²) in [7, 11) is 0. The molecule has 4 rings (SSSR count). The monoisotopic (exact) mass is 333 g/mol. The van der Waals surface area contributed by atoms with Crippen LogP contribution in [0.25, 0.3) is 0 Å². The second kappa shape index (κ2) is 5.55. The van der Waals surface area contributed by atoms with Crippen molar-refractivity contribution in [3.05, 3.63) is 58.7 Å². The Morgan fingerprint density at radius 1 is 1.21 bits per heavy atom. The van der Waals surface area contributed by atoms with E-state index in [2.05, 4.69) is 14.9 Å². The molecular weight excluding hydrogens is 315 g/mol. The highest BCUT2D eigenvalue weighted by Gasteiger charge is 2.42. The zero-order valence-electron chi connectivity index (χ0n) is 13.3. The van der Waals surface area contributed by atoms with E-state index in [1.165, 1.54) is 12.1 Å². The summed E-state index contributed by atoms with van der Waals surface area (Å²) in [5.41, 5.74) is 1.96. The van der Waals surface area contributed by atoms with Crippen molar-refractivity contribution in [2.24, 2.45) is 0 Å². The summed E-state index contributed by atoms with van der Waals surface area (Å²) in [6.07, 6.45) is 0.284. The lowest BCUT2D eigenvalue weighted by Gasteiger charge is -2.36. The van der Waals surface area contributed by atoms with E-state index < -0.39 is 11.7 Å². The molecular formula is C18H18F3N3. The quantitative estimate of drug-likeness (QED) is 0.830. The van der Waals surface area contributed by atoms with Crippen LogP contribution in [0.3, 0.4) is 0 Å². The number of hydrogen-bond donors (Lipinski definition) is 0. The molecule has 3 nitrogen and oxygen atoms in total. The zero-order valence-corrected chi connectivity index (χ0v) is 13.3. The Labute approximate surface area is 138 Å². The van der Waals surface area contributed by atoms with E-state index >= 15 is 0 Å². The first-order valence-corrected chi connectivity index (χ1v) is 8.17. The predicted molar refractivity (Wildman–Crippen MR) is 83.2 cm³/mol. The molecule has 126 valence electrons. The number of halogens is 3. The Morgan fingerprint density at radius 2 is 2.00 bits per heavy atom. The Bertz CT molecular complexity index is 772. The first-order valence-electron chi connectivity index (χ1n) is 8.17. The van der Waals surface area contributed by atoms with E-state index in [4.69, 9.17) is 0 Å². The van der Waals surface area contributed by atoms with Crippen molar-refractivity contribution in [1.29, 1.82) is 0 Å². The zero-order chi connectivity index (χ0) is 16.9. The Balaban J connectivity index is 1.67. The molecule has 0 aliphatic carbocycles. The van der Waals surface area contributed by atoms with Crippen LogP contribution in [0.15, 0.2) is 30.5 Å². The third kappa shape index (κ3) is 2.59. The van der Waals surface area contributed by atoms with Gasteiger partial charge in [0.1, 0.15) is 5.82 Å². The number of aromatic nitrogens is 2. The number of rotatable bonds is 2. The molecule has 0 amide bonds. The minimum Gasteiger partial charge on any atom is -0.289 e. The summed E-state index contributed by atoms with van der Waals surface area (Å²) < 4.78 is 39.8. The third-order valence-corrected chi connectivity index (χ3v) is 5.13. The standard InChI is InChI=1S/C18H18F3N3/c1-11-22-9-14-16(23-11)8-13-6-7-17(14)24(13)10-12-4-2-3-5-15(12)18(19,20)21/h2-5,9,13,17H,6-8,10H2,1H3. The number of fused-ring (bicyclic) bond motifs is 4. The van der Waals surface area contributed by atoms with Crippen molar-refractivity contribution < 1.29 is 13.2 Å². The van der Waals surface area contributed by atoms with Crippen molar-refractivity contribution in [1.82, 2.24) is 14.9 Å². The fraction of sp³-hybridized carbons (Fsp3) is 0.444. The molecule has 1 aromatic carbocycles. The molecule has 6 heteroatoms. The maximum Gasteiger partial charge on any atom is 0.416 e. The van der Waals surface area contributed by atoms with Gasteiger partial charge in [0.15, 0.2) is 0 Å². The summed E-state index contributed by atoms with van der Waals surface area (Å²) in [6, 6.07) is 6.27. The second-order valence-corrected chi connectivity index (χ2v) is 6.60. The lowest BCUT2D eigenvalue weighted by molar-refractivity contribution is -0.138. The van der Waals surface area contributed by atoms with Crippen LogP contribution in [0, 0.1) is 6.92 Å². The fourth-order valence-electron chi connectivity index (χ4n) is 4.05. The Morgan fingerprint density at radius 3 is 2.79 bits per heavy atom. The Kier molecular flexibility index (Phi) is 3.60. The SMILES string of the molecule is Cc1ncc2c(n1)CC1CCC2N1Cc1ccccc1C(F)(F)F. The van der Waals surface area contributed by atoms with Gasteiger partial charge < -0.3 is 0 Å². The van der Waals surface area contributed by atoms with Gasteiger partial charge in [-0.3, -0.25) is 4.90 Å². The number of hydrogen-bond acceptors (Lipinski definition) is 3. The Hall–Kier alpha value is -1.95. The van der Waals surface area contributed by atoms with Crippen molar-refractivity contribution in [3.63, 3.8) is 0 Å². The van der Waals surface area contributed by atoms with Crippen molar-refractivity contribution in [3.8, 4) is 0 Å². The summed E-state index contributed by atoms with van der Waals surface area (Å²) in [5, 5.41) is 0. The lowest BCUT2D eigenvalue weighted by atomic mass is 9.97. The van der Waals surface area contributed by atoms with Crippen LogP contribution < -0.4 is 0 Å². The van der Waals surface area contributed by atoms with E-state index in [0.29, 0.717) is 12.1 Å². The molecule has 2 unspecified atom stereocenters. The maximum atomic E-state index is 13.3. The molecule has 0 spiro atoms. The molecule has 2 aliphatic heterocycles. The largest absolute Gasteiger partial charge is 0.416 e. The smallest absolute Gasteiger partial charge is 0.289 e. The molecule has 1 saturated heterocycles. The number of alkyl halides is 3. The second-order valence-electron chi connectivity index (χ2n) is 6.60. The highest BCUT2D eigenvalue weighted by Crippen LogP contribution is 2.44. The van der Waals surface area contributed by atoms with Gasteiger partial charge in [-0.2, -0.15) is 13.2 Å². The van der Waals surface area contributed by atoms with Crippen LogP contribution in [0.1, 0.15) is 47.1 Å². The van der Waals surface area contributed by atoms with Gasteiger partial charge in [0, 0.05) is 36.8 Å². The summed E-state index contributed by atoms with van der Waals surface area (Å²) >= 11 is 0. The van der Waals surface area contributed by atoms with Gasteiger partial charge >= 0.3 is 6.18 Å². The van der Waals surface area contributed by atoms with Crippen molar-refractivity contribution in [2.45, 2.75) is 51.0 Å². The molecule has 2 aliphatic rings. The van der Waals surface area contributed by atoms with Gasteiger partial charge in [-0.25, -0.2) is 9.97 Å². The maximum absolute atomic E-state index is 13.3. The minimum atomic E-state index is -4.32. The van der Waals surface area contributed by atoms with Crippen LogP contribution >= 0.6 is 0 Å². The summed E-state index contributed by atoms with van der Waals surface area (Å²) in [4.78, 5) is 11.0. The summed E-state index contributed by atoms with van der Waals surface area (Å²) in [5.74, 6) is 0.754. The average Bonchev–Trinajstić information content (AvgIpc) is 2.80. The van der Waals surface area contributed by atoms with E-state index in [1.807, 2.05) is 13.1 Å². The first-order chi connectivity index (χ1) is 11.4. The van der Waals surface area contributed by atoms with Gasteiger partial charge in [-0.05, 0) is 31.4 Å². The predicted octanol–water partition coefficient (Wildman–Crippen LogP) is 4.07. The average molecular weight is 333 g/mol. The van der Waals surface area contributed by atoms with Crippen LogP contribution in [0.4, 0.5) is 13.2 Å². The molecule has 0 radical (unpaired) electrons. The van der Waals surface area contributed by atoms with Crippen LogP contribution in [-0.2, 0) is 19.1 Å². The van der Waals surface area contributed by atoms with Crippen molar-refractivity contribution in [2.75, 3.05) is 0 Å². The molecule has 2 aromatic rings. The highest BCUT2D eigenvalue weighted by molar-refractivity contribution is 5.32. The third-order valence-electron chi connectivity index (χ3n) is 5.13. The van der Waals surface area contributed by atoms with Crippen molar-refractivity contribution >= 4 is 0 Å². The fourth-order valence-corrected chi connectivity index (χ4v) is 4.05. The van der Waals surface area contributed by atoms with Gasteiger partial charge in [0.2, 0.25) is 0 Å². The van der Waals surface area contributed by atoms with Crippen LogP contribution in [0.2, 0.25) is 0 Å². The minimum absolute atomic E-state index is 0.126. The molecule has 0 N–H and O–H groups in total. The van der Waals surface area contributed by atoms with E-state index in [9.17, 15) is 13.2 Å². The van der Waals surface area contributed by atoms with Crippen LogP contribution in [0.5, 0.6) is 0 Å². The molecule has 1 fully saturated rings. The van der Waals surface area contributed by atoms with Gasteiger partial charge in [-0.15, -0.1) is 0 Å². The van der Waals surface area contributed by atoms with E-state index in [0.717, 1.165) is 36.3 Å². The molecule has 0 saturated carbocycles. The highest BCUT2D eigenvalue weighted by atomic mass is 19.4. The molecule has 2 bridgehead atoms. The van der Waals surface area contributed by atoms with E-state index in [1.54, 1.807) is 12.1 Å². The topological polar surface area (TPSA) is 29.0 Å². The molecule has 24 heavy (non-hydrogen) atoms. The summed E-state index contributed by atoms with van der Waals surface area (Å²) in [6.45, 7) is 2.19. The molecule has 1 aromatic heterocycles. The van der Waals surface area contributed by atoms with Gasteiger partial charge in [0.25, 0.3) is 0 Å². The molecule has 2 atom stereocenters. The van der Waals surface area contributed by atoms with Gasteiger partial charge in [0.05, 0.1) is 11.3 Å². The van der Waals surface area contributed by atoms with Crippen LogP contribution in [-0.4, -0.2) is 20.9 Å². The molecule has 3 heterocycles. The first kappa shape index (κ1) is 15.6. The number of aryl methyl sites for hydroxylation is 1. The number of nitrogens with zero attached hydrogens (tertiary/aromatic N) is 3. The van der Waals surface area contributed by atoms with Gasteiger partial charge in [-0.1, -0.05) is 18.2 Å². The number of benzene rings is 1.